The second-order valence-electron chi connectivity index (χ2n) is 16.7. The number of ketones is 1. The zero-order valence-corrected chi connectivity index (χ0v) is 40.1. The van der Waals surface area contributed by atoms with Crippen molar-refractivity contribution in [3.63, 3.8) is 0 Å². The van der Waals surface area contributed by atoms with Crippen LogP contribution < -0.4 is 20.1 Å². The molecule has 1 aliphatic rings. The summed E-state index contributed by atoms with van der Waals surface area (Å²) < 4.78 is 52.2. The number of methoxy groups -OCH3 is 2. The third-order valence-electron chi connectivity index (χ3n) is 11.8. The number of amides is 2. The number of benzene rings is 3. The molecular weight excluding hydrogens is 865 g/mol. The summed E-state index contributed by atoms with van der Waals surface area (Å²) in [6.07, 6.45) is 0.933. The van der Waals surface area contributed by atoms with Crippen molar-refractivity contribution >= 4 is 29.5 Å². The highest BCUT2D eigenvalue weighted by Gasteiger charge is 2.43. The highest BCUT2D eigenvalue weighted by Crippen LogP contribution is 2.42. The molecule has 2 N–H and O–H groups in total. The Labute approximate surface area is 395 Å². The van der Waals surface area contributed by atoms with E-state index in [-0.39, 0.29) is 101 Å². The van der Waals surface area contributed by atoms with Crippen LogP contribution in [0.1, 0.15) is 83.4 Å². The van der Waals surface area contributed by atoms with Gasteiger partial charge in [-0.15, -0.1) is 0 Å². The lowest BCUT2D eigenvalue weighted by Crippen LogP contribution is -2.58. The minimum absolute atomic E-state index is 0.000993. The van der Waals surface area contributed by atoms with Crippen LogP contribution in [0.15, 0.2) is 78.9 Å². The number of unbranched alkanes of at least 4 members (excludes halogenated alkanes) is 1. The highest BCUT2D eigenvalue weighted by atomic mass is 16.7. The van der Waals surface area contributed by atoms with Crippen molar-refractivity contribution in [1.82, 2.24) is 10.6 Å². The van der Waals surface area contributed by atoms with Crippen LogP contribution in [0.5, 0.6) is 11.5 Å². The lowest BCUT2D eigenvalue weighted by Gasteiger charge is -2.44. The monoisotopic (exact) mass is 934 g/mol. The highest BCUT2D eigenvalue weighted by molar-refractivity contribution is 5.81. The number of rotatable bonds is 30. The molecule has 6 unspecified atom stereocenters. The van der Waals surface area contributed by atoms with Crippen LogP contribution in [0.3, 0.4) is 0 Å². The molecule has 1 saturated heterocycles. The predicted molar refractivity (Wildman–Crippen MR) is 248 cm³/mol. The van der Waals surface area contributed by atoms with E-state index in [4.69, 9.17) is 42.6 Å². The Balaban J connectivity index is 1.27. The molecule has 16 heteroatoms. The van der Waals surface area contributed by atoms with Gasteiger partial charge in [0.25, 0.3) is 0 Å². The molecule has 0 aromatic heterocycles. The topological polar surface area (TPSA) is 192 Å². The van der Waals surface area contributed by atoms with Crippen LogP contribution >= 0.6 is 0 Å². The van der Waals surface area contributed by atoms with Gasteiger partial charge >= 0.3 is 11.9 Å². The van der Waals surface area contributed by atoms with Crippen molar-refractivity contribution < 1.29 is 66.6 Å². The molecule has 0 spiro atoms. The van der Waals surface area contributed by atoms with Crippen LogP contribution in [0, 0.1) is 17.8 Å². The van der Waals surface area contributed by atoms with Gasteiger partial charge in [0.2, 0.25) is 11.8 Å². The maximum Gasteiger partial charge on any atom is 0.306 e. The van der Waals surface area contributed by atoms with Gasteiger partial charge in [0.05, 0.1) is 72.4 Å². The summed E-state index contributed by atoms with van der Waals surface area (Å²) in [5, 5.41) is 5.82. The first-order valence-electron chi connectivity index (χ1n) is 23.0. The number of hydrogen-bond donors (Lipinski definition) is 2. The Morgan fingerprint density at radius 1 is 0.701 bits per heavy atom. The van der Waals surface area contributed by atoms with Crippen molar-refractivity contribution in [3.8, 4) is 11.5 Å². The largest absolute Gasteiger partial charge is 0.497 e. The van der Waals surface area contributed by atoms with Crippen LogP contribution in [-0.2, 0) is 62.7 Å². The second-order valence-corrected chi connectivity index (χ2v) is 16.7. The first kappa shape index (κ1) is 54.2. The zero-order chi connectivity index (χ0) is 48.6. The van der Waals surface area contributed by atoms with Crippen LogP contribution in [0.2, 0.25) is 0 Å². The molecule has 368 valence electrons. The van der Waals surface area contributed by atoms with E-state index in [9.17, 15) is 24.0 Å². The number of carbonyl (C=O) groups is 5. The maximum atomic E-state index is 12.7. The number of Topliss-reactive ketones (excluding diaryl/α,β-unsaturated/α-hetero) is 1. The fraction of sp³-hybridized carbons (Fsp3) is 0.549. The molecule has 0 saturated carbocycles. The Hall–Kier alpha value is -5.39. The van der Waals surface area contributed by atoms with Crippen LogP contribution in [0.25, 0.3) is 0 Å². The summed E-state index contributed by atoms with van der Waals surface area (Å²) in [7, 11) is 3.24. The van der Waals surface area contributed by atoms with Gasteiger partial charge in [-0.2, -0.15) is 0 Å². The van der Waals surface area contributed by atoms with Gasteiger partial charge in [-0.1, -0.05) is 74.9 Å². The number of carbonyl (C=O) groups excluding carboxylic acids is 5. The molecule has 16 nitrogen and oxygen atoms in total. The molecule has 0 radical (unpaired) electrons. The second kappa shape index (κ2) is 28.7. The Morgan fingerprint density at radius 2 is 1.31 bits per heavy atom. The molecular formula is C51H70N2O14. The molecule has 0 aliphatic carbocycles. The smallest absolute Gasteiger partial charge is 0.306 e. The fourth-order valence-corrected chi connectivity index (χ4v) is 7.80. The van der Waals surface area contributed by atoms with E-state index in [2.05, 4.69) is 10.6 Å². The van der Waals surface area contributed by atoms with E-state index < -0.39 is 36.0 Å². The Kier molecular flexibility index (Phi) is 23.2. The first-order valence-corrected chi connectivity index (χ1v) is 23.0. The van der Waals surface area contributed by atoms with E-state index in [1.807, 2.05) is 92.7 Å². The first-order chi connectivity index (χ1) is 32.3. The molecule has 0 bridgehead atoms. The van der Waals surface area contributed by atoms with Crippen molar-refractivity contribution in [2.45, 2.75) is 90.8 Å². The van der Waals surface area contributed by atoms with Gasteiger partial charge in [0, 0.05) is 32.7 Å². The molecule has 1 fully saturated rings. The van der Waals surface area contributed by atoms with Crippen molar-refractivity contribution in [2.75, 3.05) is 73.6 Å². The molecule has 1 aliphatic heterocycles. The van der Waals surface area contributed by atoms with E-state index in [1.54, 1.807) is 14.2 Å². The number of nitrogens with one attached hydrogen (secondary N) is 2. The lowest BCUT2D eigenvalue weighted by atomic mass is 9.79. The van der Waals surface area contributed by atoms with E-state index in [0.717, 1.165) is 16.7 Å². The number of ether oxygens (including phenoxy) is 9. The normalized spacial score (nSPS) is 18.6. The van der Waals surface area contributed by atoms with Crippen LogP contribution in [0.4, 0.5) is 0 Å². The van der Waals surface area contributed by atoms with Crippen molar-refractivity contribution in [3.05, 3.63) is 95.6 Å². The van der Waals surface area contributed by atoms with Crippen molar-refractivity contribution in [1.29, 1.82) is 0 Å². The van der Waals surface area contributed by atoms with Gasteiger partial charge in [-0.25, -0.2) is 0 Å². The minimum Gasteiger partial charge on any atom is -0.497 e. The summed E-state index contributed by atoms with van der Waals surface area (Å²) >= 11 is 0. The zero-order valence-electron chi connectivity index (χ0n) is 40.1. The van der Waals surface area contributed by atoms with E-state index in [0.29, 0.717) is 37.3 Å². The average molecular weight is 935 g/mol. The standard InChI is InChI=1S/C51H70N2O14/c1-35(54)16-25-48(58)65-31-40(32-66-51(41-14-9-8-10-15-41,42-17-21-44(59-6)22-18-42)43-19-23-45(60-7)24-20-43)13-11-12-26-52-47(57)34-62-28-27-61-29-30-63-50-49(53-38(4)55)37(3)36(2)46(67-50)33-64-39(5)56/h8-10,14-15,17-24,36-37,40,46,49-50H,11-13,16,25-34H2,1-7H3,(H,52,57)(H,53,55). The van der Waals surface area contributed by atoms with Gasteiger partial charge < -0.3 is 58.1 Å². The minimum atomic E-state index is -1.07. The molecule has 67 heavy (non-hydrogen) atoms. The maximum absolute atomic E-state index is 12.7. The third-order valence-corrected chi connectivity index (χ3v) is 11.8. The quantitative estimate of drug-likeness (QED) is 0.0453. The molecule has 3 aromatic rings. The van der Waals surface area contributed by atoms with Gasteiger partial charge in [-0.3, -0.25) is 19.2 Å². The summed E-state index contributed by atoms with van der Waals surface area (Å²) in [5.41, 5.74) is 1.57. The molecule has 6 atom stereocenters. The Morgan fingerprint density at radius 3 is 1.91 bits per heavy atom. The summed E-state index contributed by atoms with van der Waals surface area (Å²) in [6, 6.07) is 25.0. The summed E-state index contributed by atoms with van der Waals surface area (Å²) in [5.74, 6) is -0.246. The average Bonchev–Trinajstić information content (AvgIpc) is 3.32. The predicted octanol–water partition coefficient (Wildman–Crippen LogP) is 5.94. The van der Waals surface area contributed by atoms with Gasteiger partial charge in [0.1, 0.15) is 36.1 Å². The van der Waals surface area contributed by atoms with E-state index in [1.165, 1.54) is 20.8 Å². The van der Waals surface area contributed by atoms with Crippen molar-refractivity contribution in [2.24, 2.45) is 17.8 Å². The SMILES string of the molecule is COc1ccc(C(OCC(CCCCNC(=O)COCCOCCOC2OC(COC(C)=O)C(C)C(C)C2NC(C)=O)COC(=O)CCC(C)=O)(c2ccccc2)c2ccc(OC)cc2)cc1. The van der Waals surface area contributed by atoms with E-state index >= 15 is 0 Å². The molecule has 4 rings (SSSR count). The van der Waals surface area contributed by atoms with Gasteiger partial charge in [0.15, 0.2) is 6.29 Å². The Bertz CT molecular complexity index is 1910. The fourth-order valence-electron chi connectivity index (χ4n) is 7.80. The molecule has 2 amide bonds. The molecule has 1 heterocycles. The lowest BCUT2D eigenvalue weighted by molar-refractivity contribution is -0.247. The number of hydrogen-bond acceptors (Lipinski definition) is 14. The number of esters is 2. The summed E-state index contributed by atoms with van der Waals surface area (Å²) in [4.78, 5) is 60.2. The molecule has 3 aromatic carbocycles. The third kappa shape index (κ3) is 17.7. The van der Waals surface area contributed by atoms with Crippen LogP contribution in [-0.4, -0.2) is 122 Å². The summed E-state index contributed by atoms with van der Waals surface area (Å²) in [6.45, 7) is 9.67. The van der Waals surface area contributed by atoms with Gasteiger partial charge in [-0.05, 0) is 72.6 Å².